The zero-order valence-corrected chi connectivity index (χ0v) is 14.6. The number of thiophene rings is 1. The molecule has 0 bridgehead atoms. The van der Waals surface area contributed by atoms with E-state index < -0.39 is 0 Å². The molecule has 23 heavy (non-hydrogen) atoms. The van der Waals surface area contributed by atoms with Gasteiger partial charge in [0.1, 0.15) is 0 Å². The molecule has 2 aliphatic heterocycles. The summed E-state index contributed by atoms with van der Waals surface area (Å²) in [7, 11) is 0. The Labute approximate surface area is 141 Å². The second-order valence-electron chi connectivity index (χ2n) is 6.46. The Morgan fingerprint density at radius 2 is 2.13 bits per heavy atom. The Hall–Kier alpha value is -1.87. The second-order valence-corrected chi connectivity index (χ2v) is 7.37. The van der Waals surface area contributed by atoms with Gasteiger partial charge in [0, 0.05) is 22.9 Å². The van der Waals surface area contributed by atoms with Crippen LogP contribution in [0.15, 0.2) is 41.8 Å². The van der Waals surface area contributed by atoms with Gasteiger partial charge in [-0.15, -0.1) is 11.3 Å². The van der Waals surface area contributed by atoms with Crippen molar-refractivity contribution < 1.29 is 4.79 Å². The molecule has 0 spiro atoms. The van der Waals surface area contributed by atoms with E-state index in [4.69, 9.17) is 0 Å². The summed E-state index contributed by atoms with van der Waals surface area (Å²) in [5.74, 6) is 0.466. The molecule has 2 aliphatic rings. The lowest BCUT2D eigenvalue weighted by atomic mass is 9.73. The highest BCUT2D eigenvalue weighted by Crippen LogP contribution is 2.54. The van der Waals surface area contributed by atoms with Gasteiger partial charge in [-0.2, -0.15) is 0 Å². The fourth-order valence-corrected chi connectivity index (χ4v) is 5.69. The van der Waals surface area contributed by atoms with Gasteiger partial charge in [0.15, 0.2) is 0 Å². The maximum atomic E-state index is 13.1. The molecule has 2 aromatic rings. The topological polar surface area (TPSA) is 20.3 Å². The molecule has 1 amide bonds. The van der Waals surface area contributed by atoms with Gasteiger partial charge in [-0.25, -0.2) is 0 Å². The molecule has 0 unspecified atom stereocenters. The van der Waals surface area contributed by atoms with Crippen molar-refractivity contribution in [3.05, 3.63) is 63.4 Å². The summed E-state index contributed by atoms with van der Waals surface area (Å²) in [5, 5.41) is 2.15. The molecular weight excluding hydrogens is 302 g/mol. The van der Waals surface area contributed by atoms with E-state index >= 15 is 0 Å². The predicted octanol–water partition coefficient (Wildman–Crippen LogP) is 5.06. The maximum absolute atomic E-state index is 13.1. The van der Waals surface area contributed by atoms with Crippen LogP contribution in [0.5, 0.6) is 0 Å². The zero-order chi connectivity index (χ0) is 16.2. The summed E-state index contributed by atoms with van der Waals surface area (Å²) in [4.78, 5) is 16.6. The van der Waals surface area contributed by atoms with Crippen molar-refractivity contribution in [2.24, 2.45) is 5.92 Å². The number of amides is 1. The van der Waals surface area contributed by atoms with Crippen LogP contribution < -0.4 is 0 Å². The minimum absolute atomic E-state index is 0.184. The molecule has 4 rings (SSSR count). The van der Waals surface area contributed by atoms with Gasteiger partial charge in [0.05, 0.1) is 5.54 Å². The molecule has 0 radical (unpaired) electrons. The Kier molecular flexibility index (Phi) is 3.24. The summed E-state index contributed by atoms with van der Waals surface area (Å²) < 4.78 is 0. The van der Waals surface area contributed by atoms with E-state index in [1.807, 2.05) is 12.1 Å². The average molecular weight is 323 g/mol. The van der Waals surface area contributed by atoms with Crippen LogP contribution in [0.2, 0.25) is 0 Å². The standard InChI is InChI=1S/C20H21NOS/c1-4-15-13(3)20(5-2)17-9-7-6-8-16(17)19(22)21(20)12-14-10-11-23-18(14)15/h4,6-11,13H,5,12H2,1-3H3/b15-4+/t13-,20+/m0/s1. The van der Waals surface area contributed by atoms with Gasteiger partial charge in [0.2, 0.25) is 0 Å². The van der Waals surface area contributed by atoms with Crippen LogP contribution in [-0.4, -0.2) is 10.8 Å². The third-order valence-electron chi connectivity index (χ3n) is 5.72. The van der Waals surface area contributed by atoms with E-state index in [1.165, 1.54) is 21.6 Å². The third kappa shape index (κ3) is 1.71. The summed E-state index contributed by atoms with van der Waals surface area (Å²) in [5.41, 5.74) is 4.52. The Balaban J connectivity index is 2.02. The van der Waals surface area contributed by atoms with Gasteiger partial charge in [-0.05, 0) is 47.6 Å². The third-order valence-corrected chi connectivity index (χ3v) is 6.73. The largest absolute Gasteiger partial charge is 0.324 e. The first-order chi connectivity index (χ1) is 11.1. The van der Waals surface area contributed by atoms with E-state index in [0.717, 1.165) is 12.0 Å². The highest BCUT2D eigenvalue weighted by molar-refractivity contribution is 7.11. The van der Waals surface area contributed by atoms with Crippen LogP contribution in [-0.2, 0) is 12.1 Å². The molecular formula is C20H21NOS. The van der Waals surface area contributed by atoms with Crippen molar-refractivity contribution in [1.82, 2.24) is 4.90 Å². The molecule has 0 saturated heterocycles. The zero-order valence-electron chi connectivity index (χ0n) is 13.8. The Morgan fingerprint density at radius 3 is 2.87 bits per heavy atom. The number of benzene rings is 1. The van der Waals surface area contributed by atoms with Crippen molar-refractivity contribution in [3.8, 4) is 0 Å². The quantitative estimate of drug-likeness (QED) is 0.718. The van der Waals surface area contributed by atoms with Gasteiger partial charge in [-0.3, -0.25) is 4.79 Å². The first-order valence-corrected chi connectivity index (χ1v) is 9.17. The van der Waals surface area contributed by atoms with Gasteiger partial charge in [-0.1, -0.05) is 38.1 Å². The van der Waals surface area contributed by atoms with Crippen LogP contribution in [0.1, 0.15) is 53.6 Å². The smallest absolute Gasteiger partial charge is 0.255 e. The molecule has 0 aliphatic carbocycles. The number of hydrogen-bond donors (Lipinski definition) is 0. The summed E-state index contributed by atoms with van der Waals surface area (Å²) in [6.45, 7) is 7.33. The minimum Gasteiger partial charge on any atom is -0.324 e. The van der Waals surface area contributed by atoms with Crippen LogP contribution in [0, 0.1) is 5.92 Å². The first-order valence-electron chi connectivity index (χ1n) is 8.29. The lowest BCUT2D eigenvalue weighted by molar-refractivity contribution is 0.0412. The Bertz CT molecular complexity index is 819. The van der Waals surface area contributed by atoms with Gasteiger partial charge in [0.25, 0.3) is 5.91 Å². The van der Waals surface area contributed by atoms with Gasteiger partial charge < -0.3 is 4.90 Å². The van der Waals surface area contributed by atoms with E-state index in [2.05, 4.69) is 55.3 Å². The number of nitrogens with zero attached hydrogens (tertiary/aromatic N) is 1. The number of carbonyl (C=O) groups excluding carboxylic acids is 1. The molecule has 0 saturated carbocycles. The number of allylic oxidation sites excluding steroid dienone is 1. The van der Waals surface area contributed by atoms with Crippen molar-refractivity contribution in [2.75, 3.05) is 0 Å². The molecule has 0 fully saturated rings. The van der Waals surface area contributed by atoms with E-state index in [9.17, 15) is 4.79 Å². The molecule has 1 aromatic heterocycles. The minimum atomic E-state index is -0.228. The summed E-state index contributed by atoms with van der Waals surface area (Å²) in [6.07, 6.45) is 3.18. The molecule has 118 valence electrons. The van der Waals surface area contributed by atoms with Crippen LogP contribution in [0.4, 0.5) is 0 Å². The lowest BCUT2D eigenvalue weighted by Gasteiger charge is -2.42. The lowest BCUT2D eigenvalue weighted by Crippen LogP contribution is -2.46. The SMILES string of the molecule is C/C=C1/c2sccc2CN2C(=O)c3ccccc3[C@@]2(CC)[C@H]1C. The number of fused-ring (bicyclic) bond motifs is 4. The second kappa shape index (κ2) is 5.07. The van der Waals surface area contributed by atoms with Crippen LogP contribution >= 0.6 is 11.3 Å². The molecule has 2 nitrogen and oxygen atoms in total. The highest BCUT2D eigenvalue weighted by Gasteiger charge is 2.53. The Morgan fingerprint density at radius 1 is 1.35 bits per heavy atom. The monoisotopic (exact) mass is 323 g/mol. The van der Waals surface area contributed by atoms with Crippen LogP contribution in [0.3, 0.4) is 0 Å². The van der Waals surface area contributed by atoms with Crippen molar-refractivity contribution in [2.45, 2.75) is 39.3 Å². The number of hydrogen-bond acceptors (Lipinski definition) is 2. The van der Waals surface area contributed by atoms with Crippen LogP contribution in [0.25, 0.3) is 5.57 Å². The normalized spacial score (nSPS) is 27.6. The number of rotatable bonds is 1. The molecule has 2 atom stereocenters. The molecule has 3 heterocycles. The van der Waals surface area contributed by atoms with Crippen molar-refractivity contribution in [3.63, 3.8) is 0 Å². The van der Waals surface area contributed by atoms with E-state index in [1.54, 1.807) is 11.3 Å². The van der Waals surface area contributed by atoms with Gasteiger partial charge >= 0.3 is 0 Å². The fraction of sp³-hybridized carbons (Fsp3) is 0.350. The van der Waals surface area contributed by atoms with Crippen molar-refractivity contribution in [1.29, 1.82) is 0 Å². The average Bonchev–Trinajstić information content (AvgIpc) is 3.09. The highest BCUT2D eigenvalue weighted by atomic mass is 32.1. The van der Waals surface area contributed by atoms with Crippen molar-refractivity contribution >= 4 is 22.8 Å². The summed E-state index contributed by atoms with van der Waals surface area (Å²) >= 11 is 1.80. The number of carbonyl (C=O) groups is 1. The molecule has 0 N–H and O–H groups in total. The molecule has 3 heteroatoms. The summed E-state index contributed by atoms with van der Waals surface area (Å²) in [6, 6.07) is 10.4. The fourth-order valence-electron chi connectivity index (χ4n) is 4.61. The molecule has 1 aromatic carbocycles. The van der Waals surface area contributed by atoms with E-state index in [0.29, 0.717) is 6.54 Å². The van der Waals surface area contributed by atoms with E-state index in [-0.39, 0.29) is 17.4 Å². The predicted molar refractivity (Wildman–Crippen MR) is 95.4 cm³/mol. The maximum Gasteiger partial charge on any atom is 0.255 e. The first kappa shape index (κ1) is 14.7.